The Kier molecular flexibility index (Phi) is 2.83. The number of ether oxygens (including phenoxy) is 2. The standard InChI is InChI=1S/C13H13BrO4/c14-11-9-7-8(12(15)16)3-4-10(9)17-13(18-11)5-1-2-6-13/h3-4,7,11H,1-2,5-6H2,(H,15,16). The number of hydrogen-bond acceptors (Lipinski definition) is 3. The Morgan fingerprint density at radius 2 is 2.11 bits per heavy atom. The van der Waals surface area contributed by atoms with Gasteiger partial charge in [0.1, 0.15) is 10.8 Å². The van der Waals surface area contributed by atoms with Gasteiger partial charge in [-0.25, -0.2) is 4.79 Å². The van der Waals surface area contributed by atoms with E-state index < -0.39 is 11.8 Å². The molecule has 0 aromatic heterocycles. The van der Waals surface area contributed by atoms with Crippen molar-refractivity contribution in [3.05, 3.63) is 29.3 Å². The molecular weight excluding hydrogens is 300 g/mol. The van der Waals surface area contributed by atoms with Crippen LogP contribution in [0.4, 0.5) is 0 Å². The molecule has 1 aromatic rings. The average Bonchev–Trinajstić information content (AvgIpc) is 2.76. The highest BCUT2D eigenvalue weighted by atomic mass is 79.9. The van der Waals surface area contributed by atoms with Crippen molar-refractivity contribution in [3.63, 3.8) is 0 Å². The van der Waals surface area contributed by atoms with Gasteiger partial charge < -0.3 is 14.6 Å². The number of halogens is 1. The fourth-order valence-electron chi connectivity index (χ4n) is 2.56. The van der Waals surface area contributed by atoms with E-state index in [1.54, 1.807) is 18.2 Å². The summed E-state index contributed by atoms with van der Waals surface area (Å²) in [6.45, 7) is 0. The van der Waals surface area contributed by atoms with E-state index in [0.717, 1.165) is 37.0 Å². The predicted molar refractivity (Wildman–Crippen MR) is 68.0 cm³/mol. The van der Waals surface area contributed by atoms with Crippen molar-refractivity contribution in [1.82, 2.24) is 0 Å². The zero-order chi connectivity index (χ0) is 12.8. The van der Waals surface area contributed by atoms with Gasteiger partial charge in [-0.05, 0) is 31.0 Å². The lowest BCUT2D eigenvalue weighted by Crippen LogP contribution is -2.39. The molecule has 1 spiro atoms. The molecule has 3 rings (SSSR count). The average molecular weight is 313 g/mol. The normalized spacial score (nSPS) is 24.6. The molecule has 0 bridgehead atoms. The highest BCUT2D eigenvalue weighted by Gasteiger charge is 2.43. The minimum Gasteiger partial charge on any atom is -0.478 e. The van der Waals surface area contributed by atoms with E-state index in [2.05, 4.69) is 15.9 Å². The van der Waals surface area contributed by atoms with Crippen LogP contribution in [-0.4, -0.2) is 16.9 Å². The molecule has 1 fully saturated rings. The Hall–Kier alpha value is -1.07. The number of fused-ring (bicyclic) bond motifs is 1. The lowest BCUT2D eigenvalue weighted by atomic mass is 10.1. The van der Waals surface area contributed by atoms with E-state index in [-0.39, 0.29) is 10.6 Å². The third kappa shape index (κ3) is 1.91. The number of carboxylic acids is 1. The first-order valence-corrected chi connectivity index (χ1v) is 6.89. The van der Waals surface area contributed by atoms with Gasteiger partial charge in [-0.2, -0.15) is 0 Å². The summed E-state index contributed by atoms with van der Waals surface area (Å²) >= 11 is 3.46. The third-order valence-corrected chi connectivity index (χ3v) is 4.16. The van der Waals surface area contributed by atoms with E-state index in [1.807, 2.05) is 0 Å². The van der Waals surface area contributed by atoms with Crippen molar-refractivity contribution in [2.45, 2.75) is 36.5 Å². The van der Waals surface area contributed by atoms with Crippen molar-refractivity contribution in [2.75, 3.05) is 0 Å². The smallest absolute Gasteiger partial charge is 0.335 e. The van der Waals surface area contributed by atoms with Crippen molar-refractivity contribution < 1.29 is 19.4 Å². The quantitative estimate of drug-likeness (QED) is 0.807. The Bertz CT molecular complexity index is 494. The van der Waals surface area contributed by atoms with Crippen LogP contribution < -0.4 is 4.74 Å². The van der Waals surface area contributed by atoms with Crippen LogP contribution in [0.1, 0.15) is 46.6 Å². The van der Waals surface area contributed by atoms with Gasteiger partial charge >= 0.3 is 5.97 Å². The molecule has 96 valence electrons. The summed E-state index contributed by atoms with van der Waals surface area (Å²) in [6.07, 6.45) is 3.97. The van der Waals surface area contributed by atoms with E-state index in [0.29, 0.717) is 0 Å². The second-order valence-corrected chi connectivity index (χ2v) is 5.54. The van der Waals surface area contributed by atoms with Crippen LogP contribution in [0.3, 0.4) is 0 Å². The Balaban J connectivity index is 1.98. The van der Waals surface area contributed by atoms with Gasteiger partial charge in [0.15, 0.2) is 0 Å². The maximum absolute atomic E-state index is 10.9. The first-order chi connectivity index (χ1) is 8.60. The number of hydrogen-bond donors (Lipinski definition) is 1. The summed E-state index contributed by atoms with van der Waals surface area (Å²) in [5, 5.41) is 8.67. The Labute approximate surface area is 113 Å². The largest absolute Gasteiger partial charge is 0.478 e. The lowest BCUT2D eigenvalue weighted by molar-refractivity contribution is -0.201. The molecule has 1 N–H and O–H groups in total. The van der Waals surface area contributed by atoms with Gasteiger partial charge in [-0.15, -0.1) is 0 Å². The third-order valence-electron chi connectivity index (χ3n) is 3.48. The number of benzene rings is 1. The summed E-state index contributed by atoms with van der Waals surface area (Å²) in [4.78, 5) is 10.9. The molecule has 0 radical (unpaired) electrons. The minimum absolute atomic E-state index is 0.243. The lowest BCUT2D eigenvalue weighted by Gasteiger charge is -2.38. The number of alkyl halides is 1. The van der Waals surface area contributed by atoms with Crippen LogP contribution in [0, 0.1) is 0 Å². The fraction of sp³-hybridized carbons (Fsp3) is 0.462. The van der Waals surface area contributed by atoms with Crippen LogP contribution >= 0.6 is 15.9 Å². The van der Waals surface area contributed by atoms with Gasteiger partial charge in [0.25, 0.3) is 0 Å². The van der Waals surface area contributed by atoms with Crippen LogP contribution in [0.5, 0.6) is 5.75 Å². The van der Waals surface area contributed by atoms with Gasteiger partial charge in [0, 0.05) is 18.4 Å². The molecule has 1 aromatic carbocycles. The second kappa shape index (κ2) is 4.24. The molecule has 1 aliphatic heterocycles. The zero-order valence-corrected chi connectivity index (χ0v) is 11.3. The number of carboxylic acid groups (broad SMARTS) is 1. The molecule has 1 atom stereocenters. The Morgan fingerprint density at radius 1 is 1.39 bits per heavy atom. The van der Waals surface area contributed by atoms with Crippen LogP contribution in [0.2, 0.25) is 0 Å². The summed E-state index contributed by atoms with van der Waals surface area (Å²) in [7, 11) is 0. The topological polar surface area (TPSA) is 55.8 Å². The summed E-state index contributed by atoms with van der Waals surface area (Å²) < 4.78 is 11.8. The molecule has 18 heavy (non-hydrogen) atoms. The molecule has 4 nitrogen and oxygen atoms in total. The Morgan fingerprint density at radius 3 is 2.78 bits per heavy atom. The van der Waals surface area contributed by atoms with Crippen molar-refractivity contribution in [3.8, 4) is 5.75 Å². The molecule has 1 saturated carbocycles. The minimum atomic E-state index is -0.946. The highest BCUT2D eigenvalue weighted by molar-refractivity contribution is 9.09. The maximum Gasteiger partial charge on any atom is 0.335 e. The van der Waals surface area contributed by atoms with Gasteiger partial charge in [-0.3, -0.25) is 0 Å². The number of aromatic carboxylic acids is 1. The molecule has 1 unspecified atom stereocenters. The SMILES string of the molecule is O=C(O)c1ccc2c(c1)C(Br)OC1(CCCC1)O2. The number of carbonyl (C=O) groups is 1. The molecule has 1 aliphatic carbocycles. The summed E-state index contributed by atoms with van der Waals surface area (Å²) in [5.41, 5.74) is 0.986. The van der Waals surface area contributed by atoms with Crippen molar-refractivity contribution in [2.24, 2.45) is 0 Å². The zero-order valence-electron chi connectivity index (χ0n) is 9.69. The molecule has 1 heterocycles. The van der Waals surface area contributed by atoms with Crippen LogP contribution in [-0.2, 0) is 4.74 Å². The van der Waals surface area contributed by atoms with Gasteiger partial charge in [0.05, 0.1) is 5.56 Å². The first kappa shape index (κ1) is 12.0. The monoisotopic (exact) mass is 312 g/mol. The molecule has 0 saturated heterocycles. The second-order valence-electron chi connectivity index (χ2n) is 4.71. The maximum atomic E-state index is 10.9. The fourth-order valence-corrected chi connectivity index (χ4v) is 3.26. The van der Waals surface area contributed by atoms with Gasteiger partial charge in [0.2, 0.25) is 5.79 Å². The molecular formula is C13H13BrO4. The van der Waals surface area contributed by atoms with Crippen molar-refractivity contribution in [1.29, 1.82) is 0 Å². The highest BCUT2D eigenvalue weighted by Crippen LogP contribution is 2.48. The van der Waals surface area contributed by atoms with E-state index >= 15 is 0 Å². The predicted octanol–water partition coefficient (Wildman–Crippen LogP) is 3.46. The van der Waals surface area contributed by atoms with E-state index in [9.17, 15) is 4.79 Å². The van der Waals surface area contributed by atoms with Crippen LogP contribution in [0.15, 0.2) is 18.2 Å². The number of rotatable bonds is 1. The molecule has 0 amide bonds. The summed E-state index contributed by atoms with van der Waals surface area (Å²) in [5.74, 6) is -0.750. The first-order valence-electron chi connectivity index (χ1n) is 5.98. The van der Waals surface area contributed by atoms with Gasteiger partial charge in [-0.1, -0.05) is 15.9 Å². The summed E-state index contributed by atoms with van der Waals surface area (Å²) in [6, 6.07) is 4.88. The molecule has 2 aliphatic rings. The van der Waals surface area contributed by atoms with Crippen molar-refractivity contribution >= 4 is 21.9 Å². The van der Waals surface area contributed by atoms with E-state index in [1.165, 1.54) is 0 Å². The van der Waals surface area contributed by atoms with E-state index in [4.69, 9.17) is 14.6 Å². The molecule has 5 heteroatoms. The van der Waals surface area contributed by atoms with Crippen LogP contribution in [0.25, 0.3) is 0 Å².